The van der Waals surface area contributed by atoms with E-state index >= 15 is 0 Å². The summed E-state index contributed by atoms with van der Waals surface area (Å²) in [5.41, 5.74) is -2.46. The van der Waals surface area contributed by atoms with Crippen LogP contribution < -0.4 is 0 Å². The molecule has 0 aliphatic rings. The number of oxime groups is 1. The number of hydrogen-bond donors (Lipinski definition) is 0. The van der Waals surface area contributed by atoms with Crippen LogP contribution in [0.3, 0.4) is 0 Å². The van der Waals surface area contributed by atoms with Crippen molar-refractivity contribution in [3.05, 3.63) is 12.2 Å². The van der Waals surface area contributed by atoms with Crippen molar-refractivity contribution in [1.29, 1.82) is 0 Å². The summed E-state index contributed by atoms with van der Waals surface area (Å²) >= 11 is 0. The Hall–Kier alpha value is -1.00. The summed E-state index contributed by atoms with van der Waals surface area (Å²) in [6.45, 7) is 7.44. The third-order valence-corrected chi connectivity index (χ3v) is 1.96. The van der Waals surface area contributed by atoms with E-state index in [2.05, 4.69) is 16.6 Å². The van der Waals surface area contributed by atoms with E-state index in [1.54, 1.807) is 0 Å². The molecule has 0 bridgehead atoms. The van der Waals surface area contributed by atoms with Crippen molar-refractivity contribution in [1.82, 2.24) is 0 Å². The standard InChI is InChI=1S/C9H14F3NO/c1-5-8(7(3)4,9(10,11)12)14-13-6-2/h6H,3,5H2,1-2,4H3/b13-6+. The molecule has 0 N–H and O–H groups in total. The first-order chi connectivity index (χ1) is 6.31. The number of halogens is 3. The minimum Gasteiger partial charge on any atom is -0.375 e. The second-order valence-electron chi connectivity index (χ2n) is 2.91. The highest BCUT2D eigenvalue weighted by atomic mass is 19.4. The lowest BCUT2D eigenvalue weighted by atomic mass is 9.92. The predicted molar refractivity (Wildman–Crippen MR) is 49.1 cm³/mol. The molecule has 0 rings (SSSR count). The van der Waals surface area contributed by atoms with Gasteiger partial charge in [0.2, 0.25) is 0 Å². The van der Waals surface area contributed by atoms with Gasteiger partial charge in [0.1, 0.15) is 0 Å². The molecule has 0 aromatic carbocycles. The molecule has 0 saturated heterocycles. The number of nitrogens with zero attached hydrogens (tertiary/aromatic N) is 1. The highest BCUT2D eigenvalue weighted by Crippen LogP contribution is 2.41. The van der Waals surface area contributed by atoms with E-state index in [0.717, 1.165) is 0 Å². The van der Waals surface area contributed by atoms with Gasteiger partial charge >= 0.3 is 6.18 Å². The summed E-state index contributed by atoms with van der Waals surface area (Å²) < 4.78 is 38.1. The van der Waals surface area contributed by atoms with Crippen LogP contribution in [0.4, 0.5) is 13.2 Å². The fraction of sp³-hybridized carbons (Fsp3) is 0.667. The van der Waals surface area contributed by atoms with Crippen molar-refractivity contribution in [2.75, 3.05) is 0 Å². The number of hydrogen-bond acceptors (Lipinski definition) is 2. The Morgan fingerprint density at radius 3 is 2.21 bits per heavy atom. The first-order valence-corrected chi connectivity index (χ1v) is 4.20. The maximum absolute atomic E-state index is 12.7. The maximum atomic E-state index is 12.7. The monoisotopic (exact) mass is 209 g/mol. The van der Waals surface area contributed by atoms with Crippen molar-refractivity contribution < 1.29 is 18.0 Å². The van der Waals surface area contributed by atoms with Crippen molar-refractivity contribution in [3.63, 3.8) is 0 Å². The van der Waals surface area contributed by atoms with Crippen LogP contribution in [0, 0.1) is 0 Å². The molecule has 5 heteroatoms. The Balaban J connectivity index is 5.09. The Bertz CT molecular complexity index is 235. The molecule has 1 atom stereocenters. The van der Waals surface area contributed by atoms with Crippen LogP contribution in [0.2, 0.25) is 0 Å². The fourth-order valence-corrected chi connectivity index (χ4v) is 1.08. The normalized spacial score (nSPS) is 16.7. The van der Waals surface area contributed by atoms with E-state index in [4.69, 9.17) is 0 Å². The summed E-state index contributed by atoms with van der Waals surface area (Å²) in [4.78, 5) is 4.50. The molecular formula is C9H14F3NO. The van der Waals surface area contributed by atoms with Gasteiger partial charge < -0.3 is 4.84 Å². The van der Waals surface area contributed by atoms with E-state index in [1.807, 2.05) is 0 Å². The van der Waals surface area contributed by atoms with E-state index in [-0.39, 0.29) is 12.0 Å². The fourth-order valence-electron chi connectivity index (χ4n) is 1.08. The summed E-state index contributed by atoms with van der Waals surface area (Å²) in [6, 6.07) is 0. The Kier molecular flexibility index (Phi) is 4.16. The van der Waals surface area contributed by atoms with E-state index in [1.165, 1.54) is 27.0 Å². The van der Waals surface area contributed by atoms with Crippen LogP contribution in [0.15, 0.2) is 17.3 Å². The maximum Gasteiger partial charge on any atom is 0.435 e. The predicted octanol–water partition coefficient (Wildman–Crippen LogP) is 3.30. The highest BCUT2D eigenvalue weighted by Gasteiger charge is 2.57. The largest absolute Gasteiger partial charge is 0.435 e. The van der Waals surface area contributed by atoms with Crippen LogP contribution in [-0.2, 0) is 4.84 Å². The first-order valence-electron chi connectivity index (χ1n) is 4.20. The number of alkyl halides is 3. The van der Waals surface area contributed by atoms with Crippen molar-refractivity contribution in [3.8, 4) is 0 Å². The van der Waals surface area contributed by atoms with Crippen molar-refractivity contribution in [2.24, 2.45) is 5.16 Å². The molecule has 0 aliphatic heterocycles. The molecule has 0 aliphatic carbocycles. The van der Waals surface area contributed by atoms with Gasteiger partial charge in [0.05, 0.1) is 0 Å². The molecule has 0 radical (unpaired) electrons. The van der Waals surface area contributed by atoms with Crippen LogP contribution in [0.1, 0.15) is 27.2 Å². The Morgan fingerprint density at radius 1 is 1.50 bits per heavy atom. The number of rotatable bonds is 4. The lowest BCUT2D eigenvalue weighted by Gasteiger charge is -2.32. The van der Waals surface area contributed by atoms with E-state index in [0.29, 0.717) is 0 Å². The lowest BCUT2D eigenvalue weighted by molar-refractivity contribution is -0.263. The Labute approximate surface area is 81.4 Å². The average Bonchev–Trinajstić information content (AvgIpc) is 2.03. The van der Waals surface area contributed by atoms with Crippen LogP contribution >= 0.6 is 0 Å². The van der Waals surface area contributed by atoms with Crippen LogP contribution in [0.5, 0.6) is 0 Å². The topological polar surface area (TPSA) is 21.6 Å². The molecule has 1 unspecified atom stereocenters. The second-order valence-corrected chi connectivity index (χ2v) is 2.91. The SMILES string of the molecule is C=C(C)C(CC)(O/N=C/C)C(F)(F)F. The van der Waals surface area contributed by atoms with E-state index < -0.39 is 11.8 Å². The third-order valence-electron chi connectivity index (χ3n) is 1.96. The molecular weight excluding hydrogens is 195 g/mol. The summed E-state index contributed by atoms with van der Waals surface area (Å²) in [5, 5.41) is 3.20. The molecule has 0 aromatic rings. The zero-order valence-corrected chi connectivity index (χ0v) is 8.48. The molecule has 0 heterocycles. The molecule has 0 aromatic heterocycles. The van der Waals surface area contributed by atoms with Gasteiger partial charge in [0, 0.05) is 12.6 Å². The molecule has 82 valence electrons. The summed E-state index contributed by atoms with van der Waals surface area (Å²) in [5.74, 6) is 0. The van der Waals surface area contributed by atoms with Gasteiger partial charge in [-0.05, 0) is 19.4 Å². The molecule has 0 fully saturated rings. The lowest BCUT2D eigenvalue weighted by Crippen LogP contribution is -2.47. The van der Waals surface area contributed by atoms with Gasteiger partial charge in [-0.2, -0.15) is 13.2 Å². The zero-order chi connectivity index (χ0) is 11.4. The molecule has 0 saturated carbocycles. The molecule has 0 amide bonds. The smallest absolute Gasteiger partial charge is 0.375 e. The third kappa shape index (κ3) is 2.27. The zero-order valence-electron chi connectivity index (χ0n) is 8.48. The average molecular weight is 209 g/mol. The molecule has 2 nitrogen and oxygen atoms in total. The highest BCUT2D eigenvalue weighted by molar-refractivity contribution is 5.52. The second kappa shape index (κ2) is 4.48. The van der Waals surface area contributed by atoms with Gasteiger partial charge in [-0.15, -0.1) is 0 Å². The molecule has 14 heavy (non-hydrogen) atoms. The van der Waals surface area contributed by atoms with Gasteiger partial charge in [0.25, 0.3) is 5.60 Å². The van der Waals surface area contributed by atoms with Gasteiger partial charge in [-0.1, -0.05) is 18.7 Å². The Morgan fingerprint density at radius 2 is 2.00 bits per heavy atom. The first kappa shape index (κ1) is 13.0. The van der Waals surface area contributed by atoms with E-state index in [9.17, 15) is 13.2 Å². The molecule has 0 spiro atoms. The summed E-state index contributed by atoms with van der Waals surface area (Å²) in [7, 11) is 0. The van der Waals surface area contributed by atoms with Crippen LogP contribution in [0.25, 0.3) is 0 Å². The minimum atomic E-state index is -4.50. The van der Waals surface area contributed by atoms with Crippen molar-refractivity contribution in [2.45, 2.75) is 39.0 Å². The van der Waals surface area contributed by atoms with Crippen molar-refractivity contribution >= 4 is 6.21 Å². The van der Waals surface area contributed by atoms with Gasteiger partial charge in [0.15, 0.2) is 0 Å². The summed E-state index contributed by atoms with van der Waals surface area (Å²) in [6.07, 6.45) is -3.58. The quantitative estimate of drug-likeness (QED) is 0.395. The minimum absolute atomic E-state index is 0.0990. The van der Waals surface area contributed by atoms with Crippen LogP contribution in [-0.4, -0.2) is 18.0 Å². The van der Waals surface area contributed by atoms with Gasteiger partial charge in [-0.25, -0.2) is 0 Å². The van der Waals surface area contributed by atoms with Gasteiger partial charge in [-0.3, -0.25) is 0 Å².